The smallest absolute Gasteiger partial charge is 0.360 e. The molecule has 1 heterocycles. The van der Waals surface area contributed by atoms with Gasteiger partial charge in [0, 0.05) is 0 Å². The van der Waals surface area contributed by atoms with Gasteiger partial charge in [-0.15, -0.1) is 0 Å². The molecule has 0 fully saturated rings. The molecule has 22 heavy (non-hydrogen) atoms. The summed E-state index contributed by atoms with van der Waals surface area (Å²) in [4.78, 5) is 11.8. The maximum Gasteiger partial charge on any atom is 0.360 e. The minimum Gasteiger partial charge on any atom is -0.497 e. The topological polar surface area (TPSA) is 103 Å². The minimum absolute atomic E-state index is 0.0342. The number of anilines is 1. The molecular formula is C15H16N4O3. The molecule has 0 bridgehead atoms. The molecule has 2 rings (SSSR count). The summed E-state index contributed by atoms with van der Waals surface area (Å²) in [5.74, 6) is 0.225. The second kappa shape index (κ2) is 6.63. The standard InChI is InChI=1S/C15H16N4O3/c1-3-22-15(20)13-12(8-16)14(17)19(18-13)9-10-4-6-11(21-2)7-5-10/h4-7H,3,9,17H2,1-2H3. The van der Waals surface area contributed by atoms with Crippen molar-refractivity contribution >= 4 is 11.8 Å². The normalized spacial score (nSPS) is 10.0. The monoisotopic (exact) mass is 300 g/mol. The lowest BCUT2D eigenvalue weighted by molar-refractivity contribution is 0.0518. The SMILES string of the molecule is CCOC(=O)c1nn(Cc2ccc(OC)cc2)c(N)c1C#N. The highest BCUT2D eigenvalue weighted by atomic mass is 16.5. The maximum atomic E-state index is 11.8. The molecule has 0 unspecified atom stereocenters. The number of methoxy groups -OCH3 is 1. The molecule has 0 aliphatic rings. The maximum absolute atomic E-state index is 11.8. The second-order valence-electron chi connectivity index (χ2n) is 4.45. The number of aromatic nitrogens is 2. The molecule has 0 spiro atoms. The lowest BCUT2D eigenvalue weighted by Crippen LogP contribution is -2.09. The molecule has 7 heteroatoms. The molecule has 2 N–H and O–H groups in total. The summed E-state index contributed by atoms with van der Waals surface area (Å²) in [6.45, 7) is 2.22. The Morgan fingerprint density at radius 2 is 2.09 bits per heavy atom. The molecule has 0 radical (unpaired) electrons. The van der Waals surface area contributed by atoms with Crippen molar-refractivity contribution in [2.45, 2.75) is 13.5 Å². The fraction of sp³-hybridized carbons (Fsp3) is 0.267. The third kappa shape index (κ3) is 3.01. The Kier molecular flexibility index (Phi) is 4.63. The van der Waals surface area contributed by atoms with E-state index in [2.05, 4.69) is 5.10 Å². The summed E-state index contributed by atoms with van der Waals surface area (Å²) in [5, 5.41) is 13.3. The van der Waals surface area contributed by atoms with Gasteiger partial charge in [-0.3, -0.25) is 0 Å². The number of carbonyl (C=O) groups excluding carboxylic acids is 1. The van der Waals surface area contributed by atoms with Crippen LogP contribution in [0.3, 0.4) is 0 Å². The summed E-state index contributed by atoms with van der Waals surface area (Å²) in [7, 11) is 1.59. The largest absolute Gasteiger partial charge is 0.497 e. The first-order chi connectivity index (χ1) is 10.6. The van der Waals surface area contributed by atoms with Crippen LogP contribution < -0.4 is 10.5 Å². The van der Waals surface area contributed by atoms with Crippen molar-refractivity contribution in [2.24, 2.45) is 0 Å². The minimum atomic E-state index is -0.653. The van der Waals surface area contributed by atoms with Crippen LogP contribution in [-0.4, -0.2) is 29.5 Å². The molecule has 1 aromatic carbocycles. The predicted molar refractivity (Wildman–Crippen MR) is 79.4 cm³/mol. The van der Waals surface area contributed by atoms with E-state index in [1.807, 2.05) is 30.3 Å². The van der Waals surface area contributed by atoms with Gasteiger partial charge in [-0.25, -0.2) is 9.48 Å². The van der Waals surface area contributed by atoms with E-state index in [9.17, 15) is 4.79 Å². The number of rotatable bonds is 5. The molecule has 7 nitrogen and oxygen atoms in total. The van der Waals surface area contributed by atoms with Crippen molar-refractivity contribution in [1.29, 1.82) is 5.26 Å². The van der Waals surface area contributed by atoms with E-state index >= 15 is 0 Å². The van der Waals surface area contributed by atoms with Gasteiger partial charge in [0.05, 0.1) is 20.3 Å². The first kappa shape index (κ1) is 15.4. The lowest BCUT2D eigenvalue weighted by atomic mass is 10.2. The highest BCUT2D eigenvalue weighted by Gasteiger charge is 2.22. The Hall–Kier alpha value is -3.01. The van der Waals surface area contributed by atoms with Gasteiger partial charge in [-0.2, -0.15) is 10.4 Å². The summed E-state index contributed by atoms with van der Waals surface area (Å²) in [6, 6.07) is 9.24. The van der Waals surface area contributed by atoms with Gasteiger partial charge in [-0.1, -0.05) is 12.1 Å². The number of hydrogen-bond donors (Lipinski definition) is 1. The van der Waals surface area contributed by atoms with Crippen LogP contribution in [-0.2, 0) is 11.3 Å². The zero-order chi connectivity index (χ0) is 16.1. The molecular weight excluding hydrogens is 284 g/mol. The number of esters is 1. The first-order valence-electron chi connectivity index (χ1n) is 6.67. The lowest BCUT2D eigenvalue weighted by Gasteiger charge is -2.05. The van der Waals surface area contributed by atoms with Crippen LogP contribution in [0.1, 0.15) is 28.5 Å². The predicted octanol–water partition coefficient (Wildman–Crippen LogP) is 1.57. The van der Waals surface area contributed by atoms with Crippen LogP contribution in [0.15, 0.2) is 24.3 Å². The van der Waals surface area contributed by atoms with Crippen molar-refractivity contribution < 1.29 is 14.3 Å². The van der Waals surface area contributed by atoms with Crippen LogP contribution in [0.5, 0.6) is 5.75 Å². The number of carbonyl (C=O) groups is 1. The van der Waals surface area contributed by atoms with E-state index < -0.39 is 5.97 Å². The van der Waals surface area contributed by atoms with Crippen LogP contribution in [0.4, 0.5) is 5.82 Å². The first-order valence-corrected chi connectivity index (χ1v) is 6.67. The Balaban J connectivity index is 2.31. The van der Waals surface area contributed by atoms with Gasteiger partial charge >= 0.3 is 5.97 Å². The Morgan fingerprint density at radius 3 is 2.64 bits per heavy atom. The Morgan fingerprint density at radius 1 is 1.41 bits per heavy atom. The zero-order valence-electron chi connectivity index (χ0n) is 12.4. The zero-order valence-corrected chi connectivity index (χ0v) is 12.4. The molecule has 0 saturated carbocycles. The van der Waals surface area contributed by atoms with Crippen molar-refractivity contribution in [3.63, 3.8) is 0 Å². The van der Waals surface area contributed by atoms with Crippen LogP contribution >= 0.6 is 0 Å². The van der Waals surface area contributed by atoms with Gasteiger partial charge in [0.2, 0.25) is 0 Å². The molecule has 0 aliphatic heterocycles. The average molecular weight is 300 g/mol. The highest BCUT2D eigenvalue weighted by Crippen LogP contribution is 2.19. The Labute approximate surface area is 127 Å². The molecule has 1 aromatic heterocycles. The molecule has 114 valence electrons. The molecule has 0 amide bonds. The Bertz CT molecular complexity index is 714. The highest BCUT2D eigenvalue weighted by molar-refractivity contribution is 5.91. The van der Waals surface area contributed by atoms with E-state index in [0.717, 1.165) is 11.3 Å². The summed E-state index contributed by atoms with van der Waals surface area (Å²) in [6.07, 6.45) is 0. The quantitative estimate of drug-likeness (QED) is 0.841. The third-order valence-electron chi connectivity index (χ3n) is 3.06. The van der Waals surface area contributed by atoms with Gasteiger partial charge in [0.1, 0.15) is 23.2 Å². The summed E-state index contributed by atoms with van der Waals surface area (Å²) < 4.78 is 11.4. The second-order valence-corrected chi connectivity index (χ2v) is 4.45. The average Bonchev–Trinajstić information content (AvgIpc) is 2.84. The van der Waals surface area contributed by atoms with Crippen molar-refractivity contribution in [1.82, 2.24) is 9.78 Å². The van der Waals surface area contributed by atoms with Crippen molar-refractivity contribution in [3.8, 4) is 11.8 Å². The van der Waals surface area contributed by atoms with E-state index in [0.29, 0.717) is 6.54 Å². The van der Waals surface area contributed by atoms with E-state index in [4.69, 9.17) is 20.5 Å². The molecule has 0 saturated heterocycles. The number of nitrogens with two attached hydrogens (primary N) is 1. The van der Waals surface area contributed by atoms with E-state index in [1.54, 1.807) is 14.0 Å². The number of ether oxygens (including phenoxy) is 2. The van der Waals surface area contributed by atoms with Crippen LogP contribution in [0, 0.1) is 11.3 Å². The van der Waals surface area contributed by atoms with Crippen LogP contribution in [0.25, 0.3) is 0 Å². The summed E-state index contributed by atoms with van der Waals surface area (Å²) >= 11 is 0. The van der Waals surface area contributed by atoms with Gasteiger partial charge in [-0.05, 0) is 24.6 Å². The van der Waals surface area contributed by atoms with Gasteiger partial charge < -0.3 is 15.2 Å². The molecule has 2 aromatic rings. The van der Waals surface area contributed by atoms with Gasteiger partial charge in [0.15, 0.2) is 5.69 Å². The molecule has 0 atom stereocenters. The number of nitriles is 1. The fourth-order valence-corrected chi connectivity index (χ4v) is 1.95. The van der Waals surface area contributed by atoms with E-state index in [-0.39, 0.29) is 23.7 Å². The van der Waals surface area contributed by atoms with Crippen LogP contribution in [0.2, 0.25) is 0 Å². The fourth-order valence-electron chi connectivity index (χ4n) is 1.95. The number of benzene rings is 1. The molecule has 0 aliphatic carbocycles. The van der Waals surface area contributed by atoms with Gasteiger partial charge in [0.25, 0.3) is 0 Å². The number of hydrogen-bond acceptors (Lipinski definition) is 6. The number of nitrogens with zero attached hydrogens (tertiary/aromatic N) is 3. The van der Waals surface area contributed by atoms with E-state index in [1.165, 1.54) is 4.68 Å². The van der Waals surface area contributed by atoms with Crippen molar-refractivity contribution in [2.75, 3.05) is 19.5 Å². The third-order valence-corrected chi connectivity index (χ3v) is 3.06. The summed E-state index contributed by atoms with van der Waals surface area (Å²) in [5.41, 5.74) is 6.78. The van der Waals surface area contributed by atoms with Crippen molar-refractivity contribution in [3.05, 3.63) is 41.1 Å². The number of nitrogen functional groups attached to an aromatic ring is 1.